The van der Waals surface area contributed by atoms with Crippen LogP contribution in [0.2, 0.25) is 0 Å². The van der Waals surface area contributed by atoms with Gasteiger partial charge in [-0.3, -0.25) is 9.59 Å². The molecule has 0 aromatic carbocycles. The number of esters is 1. The average Bonchev–Trinajstić information content (AvgIpc) is 2.13. The van der Waals surface area contributed by atoms with Gasteiger partial charge < -0.3 is 15.3 Å². The number of carbonyl (C=O) groups excluding carboxylic acids is 2. The van der Waals surface area contributed by atoms with Gasteiger partial charge in [0.05, 0.1) is 12.7 Å². The molecule has 0 unspecified atom stereocenters. The van der Waals surface area contributed by atoms with Gasteiger partial charge in [-0.15, -0.1) is 0 Å². The highest BCUT2D eigenvalue weighted by atomic mass is 16.5. The third-order valence-corrected chi connectivity index (χ3v) is 3.02. The normalized spacial score (nSPS) is 23.5. The maximum absolute atomic E-state index is 11.8. The number of ketones is 1. The maximum Gasteiger partial charge on any atom is 0.316 e. The van der Waals surface area contributed by atoms with E-state index in [1.807, 2.05) is 0 Å². The van der Waals surface area contributed by atoms with Crippen LogP contribution in [0.1, 0.15) is 27.2 Å². The molecule has 0 aromatic rings. The lowest BCUT2D eigenvalue weighted by Gasteiger charge is -2.36. The van der Waals surface area contributed by atoms with Crippen LogP contribution < -0.4 is 0 Å². The molecule has 94 valence electrons. The second-order valence-corrected chi connectivity index (χ2v) is 4.93. The van der Waals surface area contributed by atoms with Crippen LogP contribution in [0.4, 0.5) is 0 Å². The number of allylic oxidation sites excluding steroid dienone is 1. The Morgan fingerprint density at radius 2 is 2.06 bits per heavy atom. The molecule has 0 aliphatic heterocycles. The van der Waals surface area contributed by atoms with Gasteiger partial charge in [-0.25, -0.2) is 0 Å². The van der Waals surface area contributed by atoms with Gasteiger partial charge in [0.2, 0.25) is 0 Å². The van der Waals surface area contributed by atoms with E-state index < -0.39 is 17.3 Å². The number of carbonyl (C=O) groups is 2. The minimum Gasteiger partial charge on any atom is -0.511 e. The molecule has 0 saturated heterocycles. The summed E-state index contributed by atoms with van der Waals surface area (Å²) in [4.78, 5) is 23.5. The van der Waals surface area contributed by atoms with Crippen molar-refractivity contribution in [1.29, 1.82) is 5.41 Å². The fourth-order valence-electron chi connectivity index (χ4n) is 2.21. The second-order valence-electron chi connectivity index (χ2n) is 4.93. The number of hydrogen-bond donors (Lipinski definition) is 2. The highest BCUT2D eigenvalue weighted by Crippen LogP contribution is 2.42. The second kappa shape index (κ2) is 4.31. The molecule has 2 N–H and O–H groups in total. The molecule has 0 heterocycles. The molecule has 0 aromatic heterocycles. The lowest BCUT2D eigenvalue weighted by Crippen LogP contribution is -2.41. The molecule has 1 rings (SSSR count). The minimum absolute atomic E-state index is 0.0306. The van der Waals surface area contributed by atoms with Gasteiger partial charge in [-0.05, 0) is 12.3 Å². The molecule has 1 aliphatic carbocycles. The summed E-state index contributed by atoms with van der Waals surface area (Å²) >= 11 is 0. The molecule has 0 bridgehead atoms. The molecule has 0 radical (unpaired) electrons. The zero-order chi connectivity index (χ0) is 13.4. The third kappa shape index (κ3) is 2.23. The van der Waals surface area contributed by atoms with Gasteiger partial charge in [-0.1, -0.05) is 13.8 Å². The number of Topliss-reactive ketones (excluding diaryl/α,β-unsaturated/α-hetero) is 1. The van der Waals surface area contributed by atoms with E-state index in [1.165, 1.54) is 14.0 Å². The number of methoxy groups -OCH3 is 1. The van der Waals surface area contributed by atoms with E-state index >= 15 is 0 Å². The quantitative estimate of drug-likeness (QED) is 0.566. The number of hydrogen-bond acceptors (Lipinski definition) is 5. The van der Waals surface area contributed by atoms with Crippen molar-refractivity contribution in [2.24, 2.45) is 11.3 Å². The SMILES string of the molecule is COC(=O)[C@@H]1C(O)=C(C(C)=N)C(=O)CC1(C)C. The number of rotatable bonds is 2. The molecular formula is C12H17NO4. The minimum atomic E-state index is -0.888. The third-order valence-electron chi connectivity index (χ3n) is 3.02. The summed E-state index contributed by atoms with van der Waals surface area (Å²) in [6.45, 7) is 4.85. The van der Waals surface area contributed by atoms with Crippen LogP contribution in [0, 0.1) is 16.7 Å². The Balaban J connectivity index is 3.37. The van der Waals surface area contributed by atoms with Crippen LogP contribution in [0.3, 0.4) is 0 Å². The zero-order valence-electron chi connectivity index (χ0n) is 10.5. The van der Waals surface area contributed by atoms with Crippen molar-refractivity contribution in [2.45, 2.75) is 27.2 Å². The van der Waals surface area contributed by atoms with Crippen molar-refractivity contribution in [3.8, 4) is 0 Å². The molecule has 5 nitrogen and oxygen atoms in total. The Hall–Kier alpha value is -1.65. The summed E-state index contributed by atoms with van der Waals surface area (Å²) in [6.07, 6.45) is 0.113. The summed E-state index contributed by atoms with van der Waals surface area (Å²) in [6, 6.07) is 0. The first-order valence-electron chi connectivity index (χ1n) is 5.32. The van der Waals surface area contributed by atoms with E-state index in [1.54, 1.807) is 13.8 Å². The standard InChI is InChI=1S/C12H17NO4/c1-6(13)8-7(14)5-12(2,3)9(10(8)15)11(16)17-4/h9,13,15H,5H2,1-4H3/t9-/m0/s1. The first kappa shape index (κ1) is 13.4. The first-order valence-corrected chi connectivity index (χ1v) is 5.32. The van der Waals surface area contributed by atoms with Gasteiger partial charge in [-0.2, -0.15) is 0 Å². The topological polar surface area (TPSA) is 87.4 Å². The predicted molar refractivity (Wildman–Crippen MR) is 62.0 cm³/mol. The number of aliphatic hydroxyl groups is 1. The van der Waals surface area contributed by atoms with E-state index in [-0.39, 0.29) is 29.2 Å². The fourth-order valence-corrected chi connectivity index (χ4v) is 2.21. The molecule has 0 amide bonds. The van der Waals surface area contributed by atoms with Crippen molar-refractivity contribution >= 4 is 17.5 Å². The van der Waals surface area contributed by atoms with E-state index in [0.717, 1.165) is 0 Å². The van der Waals surface area contributed by atoms with Gasteiger partial charge in [0.25, 0.3) is 0 Å². The highest BCUT2D eigenvalue weighted by molar-refractivity contribution is 6.22. The molecule has 1 atom stereocenters. The number of ether oxygens (including phenoxy) is 1. The highest BCUT2D eigenvalue weighted by Gasteiger charge is 2.47. The van der Waals surface area contributed by atoms with Crippen LogP contribution in [0.25, 0.3) is 0 Å². The first-order chi connectivity index (χ1) is 7.72. The van der Waals surface area contributed by atoms with Crippen LogP contribution >= 0.6 is 0 Å². The Morgan fingerprint density at radius 1 is 1.53 bits per heavy atom. The smallest absolute Gasteiger partial charge is 0.316 e. The number of aliphatic hydroxyl groups excluding tert-OH is 1. The molecule has 0 fully saturated rings. The Morgan fingerprint density at radius 3 is 2.47 bits per heavy atom. The van der Waals surface area contributed by atoms with E-state index in [9.17, 15) is 14.7 Å². The largest absolute Gasteiger partial charge is 0.511 e. The zero-order valence-corrected chi connectivity index (χ0v) is 10.5. The summed E-state index contributed by atoms with van der Waals surface area (Å²) in [5.74, 6) is -2.12. The lowest BCUT2D eigenvalue weighted by molar-refractivity contribution is -0.150. The summed E-state index contributed by atoms with van der Waals surface area (Å²) in [7, 11) is 1.24. The summed E-state index contributed by atoms with van der Waals surface area (Å²) in [5, 5.41) is 17.5. The van der Waals surface area contributed by atoms with Gasteiger partial charge >= 0.3 is 5.97 Å². The van der Waals surface area contributed by atoms with E-state index in [0.29, 0.717) is 0 Å². The number of nitrogens with one attached hydrogen (secondary N) is 1. The lowest BCUT2D eigenvalue weighted by atomic mass is 9.68. The van der Waals surface area contributed by atoms with Crippen molar-refractivity contribution in [2.75, 3.05) is 7.11 Å². The molecule has 0 spiro atoms. The van der Waals surface area contributed by atoms with Crippen molar-refractivity contribution < 1.29 is 19.4 Å². The van der Waals surface area contributed by atoms with E-state index in [4.69, 9.17) is 5.41 Å². The van der Waals surface area contributed by atoms with Gasteiger partial charge in [0.1, 0.15) is 11.7 Å². The van der Waals surface area contributed by atoms with Crippen LogP contribution in [-0.2, 0) is 14.3 Å². The van der Waals surface area contributed by atoms with Crippen LogP contribution in [-0.4, -0.2) is 29.7 Å². The average molecular weight is 239 g/mol. The van der Waals surface area contributed by atoms with Crippen molar-refractivity contribution in [1.82, 2.24) is 0 Å². The van der Waals surface area contributed by atoms with Crippen LogP contribution in [0.5, 0.6) is 0 Å². The summed E-state index contributed by atoms with van der Waals surface area (Å²) in [5.41, 5.74) is -0.788. The maximum atomic E-state index is 11.8. The molecule has 17 heavy (non-hydrogen) atoms. The van der Waals surface area contributed by atoms with Gasteiger partial charge in [0.15, 0.2) is 5.78 Å². The van der Waals surface area contributed by atoms with Crippen molar-refractivity contribution in [3.63, 3.8) is 0 Å². The monoisotopic (exact) mass is 239 g/mol. The molecule has 0 saturated carbocycles. The Kier molecular flexibility index (Phi) is 3.40. The predicted octanol–water partition coefficient (Wildman–Crippen LogP) is 1.63. The molecule has 1 aliphatic rings. The fraction of sp³-hybridized carbons (Fsp3) is 0.583. The molecule has 5 heteroatoms. The van der Waals surface area contributed by atoms with E-state index in [2.05, 4.69) is 4.74 Å². The van der Waals surface area contributed by atoms with Gasteiger partial charge in [0, 0.05) is 12.1 Å². The summed E-state index contributed by atoms with van der Waals surface area (Å²) < 4.78 is 4.64. The van der Waals surface area contributed by atoms with Crippen LogP contribution in [0.15, 0.2) is 11.3 Å². The Bertz CT molecular complexity index is 420. The van der Waals surface area contributed by atoms with Crippen molar-refractivity contribution in [3.05, 3.63) is 11.3 Å². The Labute approximate surface area is 100.0 Å². The molecular weight excluding hydrogens is 222 g/mol.